The van der Waals surface area contributed by atoms with Crippen LogP contribution in [0.2, 0.25) is 5.02 Å². The van der Waals surface area contributed by atoms with E-state index in [-0.39, 0.29) is 5.78 Å². The SMILES string of the molecule is CC(C)=O.Clc1cccnc1. The van der Waals surface area contributed by atoms with Crippen molar-refractivity contribution in [3.05, 3.63) is 29.5 Å². The fraction of sp³-hybridized carbons (Fsp3) is 0.250. The molecule has 0 saturated heterocycles. The Hall–Kier alpha value is -0.890. The second-order valence-electron chi connectivity index (χ2n) is 2.08. The molecule has 0 spiro atoms. The molecule has 1 aromatic rings. The number of pyridine rings is 1. The van der Waals surface area contributed by atoms with Crippen molar-refractivity contribution >= 4 is 17.4 Å². The molecule has 0 N–H and O–H groups in total. The van der Waals surface area contributed by atoms with Crippen LogP contribution in [0.4, 0.5) is 0 Å². The summed E-state index contributed by atoms with van der Waals surface area (Å²) in [5.74, 6) is 0.167. The molecule has 1 rings (SSSR count). The zero-order valence-electron chi connectivity index (χ0n) is 6.54. The summed E-state index contributed by atoms with van der Waals surface area (Å²) in [7, 11) is 0. The van der Waals surface area contributed by atoms with Crippen molar-refractivity contribution in [3.8, 4) is 0 Å². The quantitative estimate of drug-likeness (QED) is 0.600. The second kappa shape index (κ2) is 5.86. The van der Waals surface area contributed by atoms with Gasteiger partial charge in [0.1, 0.15) is 5.78 Å². The van der Waals surface area contributed by atoms with Gasteiger partial charge in [-0.1, -0.05) is 11.6 Å². The number of carbonyl (C=O) groups excluding carboxylic acids is 1. The third kappa shape index (κ3) is 9.11. The Balaban J connectivity index is 0.000000218. The van der Waals surface area contributed by atoms with E-state index in [1.54, 1.807) is 24.5 Å². The van der Waals surface area contributed by atoms with Gasteiger partial charge in [-0.05, 0) is 26.0 Å². The van der Waals surface area contributed by atoms with Gasteiger partial charge >= 0.3 is 0 Å². The number of rotatable bonds is 0. The first-order valence-electron chi connectivity index (χ1n) is 3.15. The number of aromatic nitrogens is 1. The summed E-state index contributed by atoms with van der Waals surface area (Å²) in [4.78, 5) is 13.2. The molecule has 0 amide bonds. The molecular formula is C8H10ClNO. The average Bonchev–Trinajstić information content (AvgIpc) is 1.87. The number of Topliss-reactive ketones (excluding diaryl/α,β-unsaturated/α-hetero) is 1. The van der Waals surface area contributed by atoms with Crippen LogP contribution in [0.5, 0.6) is 0 Å². The molecule has 0 aliphatic carbocycles. The molecule has 0 aliphatic heterocycles. The van der Waals surface area contributed by atoms with Gasteiger partial charge in [-0.3, -0.25) is 4.98 Å². The molecule has 60 valence electrons. The molecule has 1 aromatic heterocycles. The smallest absolute Gasteiger partial charge is 0.126 e. The van der Waals surface area contributed by atoms with E-state index >= 15 is 0 Å². The Labute approximate surface area is 71.2 Å². The van der Waals surface area contributed by atoms with E-state index < -0.39 is 0 Å². The Morgan fingerprint density at radius 3 is 2.27 bits per heavy atom. The van der Waals surface area contributed by atoms with Crippen LogP contribution in [0, 0.1) is 0 Å². The van der Waals surface area contributed by atoms with E-state index in [4.69, 9.17) is 11.6 Å². The van der Waals surface area contributed by atoms with Crippen LogP contribution in [0.3, 0.4) is 0 Å². The van der Waals surface area contributed by atoms with E-state index in [9.17, 15) is 4.79 Å². The molecule has 0 saturated carbocycles. The summed E-state index contributed by atoms with van der Waals surface area (Å²) in [6.45, 7) is 3.06. The van der Waals surface area contributed by atoms with Gasteiger partial charge in [-0.25, -0.2) is 0 Å². The largest absolute Gasteiger partial charge is 0.300 e. The summed E-state index contributed by atoms with van der Waals surface area (Å²) >= 11 is 5.48. The molecule has 0 aliphatic rings. The molecule has 3 heteroatoms. The van der Waals surface area contributed by atoms with Gasteiger partial charge in [-0.15, -0.1) is 0 Å². The maximum absolute atomic E-state index is 9.44. The zero-order chi connectivity index (χ0) is 8.69. The van der Waals surface area contributed by atoms with Crippen molar-refractivity contribution in [3.63, 3.8) is 0 Å². The molecular weight excluding hydrogens is 162 g/mol. The van der Waals surface area contributed by atoms with E-state index in [1.165, 1.54) is 13.8 Å². The van der Waals surface area contributed by atoms with E-state index in [0.717, 1.165) is 0 Å². The summed E-state index contributed by atoms with van der Waals surface area (Å²) < 4.78 is 0. The molecule has 1 heterocycles. The molecule has 11 heavy (non-hydrogen) atoms. The van der Waals surface area contributed by atoms with E-state index in [2.05, 4.69) is 4.98 Å². The lowest BCUT2D eigenvalue weighted by Crippen LogP contribution is -1.69. The Morgan fingerprint density at radius 1 is 1.55 bits per heavy atom. The Kier molecular flexibility index (Phi) is 5.39. The molecule has 0 unspecified atom stereocenters. The highest BCUT2D eigenvalue weighted by molar-refractivity contribution is 6.30. The first-order chi connectivity index (χ1) is 5.13. The minimum Gasteiger partial charge on any atom is -0.300 e. The van der Waals surface area contributed by atoms with Crippen LogP contribution in [-0.2, 0) is 4.79 Å². The number of nitrogens with zero attached hydrogens (tertiary/aromatic N) is 1. The Bertz CT molecular complexity index is 207. The maximum atomic E-state index is 9.44. The number of hydrogen-bond acceptors (Lipinski definition) is 2. The number of ketones is 1. The third-order valence-electron chi connectivity index (χ3n) is 0.625. The fourth-order valence-corrected chi connectivity index (χ4v) is 0.471. The summed E-state index contributed by atoms with van der Waals surface area (Å²) in [6.07, 6.45) is 3.29. The van der Waals surface area contributed by atoms with Gasteiger partial charge in [0.2, 0.25) is 0 Å². The molecule has 2 nitrogen and oxygen atoms in total. The standard InChI is InChI=1S/C5H4ClN.C3H6O/c6-5-2-1-3-7-4-5;1-3(2)4/h1-4H;1-2H3. The summed E-state index contributed by atoms with van der Waals surface area (Å²) in [6, 6.07) is 3.58. The fourth-order valence-electron chi connectivity index (χ4n) is 0.342. The predicted octanol–water partition coefficient (Wildman–Crippen LogP) is 2.33. The van der Waals surface area contributed by atoms with Crippen molar-refractivity contribution in [2.24, 2.45) is 0 Å². The van der Waals surface area contributed by atoms with Crippen LogP contribution < -0.4 is 0 Å². The third-order valence-corrected chi connectivity index (χ3v) is 0.849. The molecule has 0 aromatic carbocycles. The second-order valence-corrected chi connectivity index (χ2v) is 2.52. The number of hydrogen-bond donors (Lipinski definition) is 0. The highest BCUT2D eigenvalue weighted by atomic mass is 35.5. The van der Waals surface area contributed by atoms with E-state index in [0.29, 0.717) is 5.02 Å². The normalized spacial score (nSPS) is 7.91. The van der Waals surface area contributed by atoms with E-state index in [1.807, 2.05) is 0 Å². The lowest BCUT2D eigenvalue weighted by atomic mass is 10.5. The van der Waals surface area contributed by atoms with Gasteiger partial charge in [-0.2, -0.15) is 0 Å². The van der Waals surface area contributed by atoms with Gasteiger partial charge in [0.05, 0.1) is 5.02 Å². The minimum absolute atomic E-state index is 0.167. The van der Waals surface area contributed by atoms with Gasteiger partial charge in [0, 0.05) is 12.4 Å². The van der Waals surface area contributed by atoms with Crippen LogP contribution in [-0.4, -0.2) is 10.8 Å². The van der Waals surface area contributed by atoms with Crippen LogP contribution in [0.25, 0.3) is 0 Å². The first-order valence-corrected chi connectivity index (χ1v) is 3.53. The van der Waals surface area contributed by atoms with Crippen molar-refractivity contribution in [1.29, 1.82) is 0 Å². The van der Waals surface area contributed by atoms with Crippen molar-refractivity contribution in [1.82, 2.24) is 4.98 Å². The van der Waals surface area contributed by atoms with Crippen LogP contribution in [0.15, 0.2) is 24.5 Å². The van der Waals surface area contributed by atoms with Crippen LogP contribution in [0.1, 0.15) is 13.8 Å². The van der Waals surface area contributed by atoms with Gasteiger partial charge in [0.15, 0.2) is 0 Å². The number of halogens is 1. The maximum Gasteiger partial charge on any atom is 0.126 e. The van der Waals surface area contributed by atoms with Gasteiger partial charge < -0.3 is 4.79 Å². The van der Waals surface area contributed by atoms with Crippen molar-refractivity contribution in [2.45, 2.75) is 13.8 Å². The summed E-state index contributed by atoms with van der Waals surface area (Å²) in [5.41, 5.74) is 0. The minimum atomic E-state index is 0.167. The first kappa shape index (κ1) is 10.1. The molecule has 0 fully saturated rings. The lowest BCUT2D eigenvalue weighted by Gasteiger charge is -1.79. The molecule has 0 atom stereocenters. The monoisotopic (exact) mass is 171 g/mol. The van der Waals surface area contributed by atoms with Crippen molar-refractivity contribution in [2.75, 3.05) is 0 Å². The lowest BCUT2D eigenvalue weighted by molar-refractivity contribution is -0.114. The summed E-state index contributed by atoms with van der Waals surface area (Å²) in [5, 5.41) is 0.683. The van der Waals surface area contributed by atoms with Crippen molar-refractivity contribution < 1.29 is 4.79 Å². The molecule has 0 radical (unpaired) electrons. The highest BCUT2D eigenvalue weighted by Crippen LogP contribution is 2.00. The predicted molar refractivity (Wildman–Crippen MR) is 45.6 cm³/mol. The molecule has 0 bridgehead atoms. The Morgan fingerprint density at radius 2 is 2.09 bits per heavy atom. The average molecular weight is 172 g/mol. The highest BCUT2D eigenvalue weighted by Gasteiger charge is 1.76. The zero-order valence-corrected chi connectivity index (χ0v) is 7.30. The van der Waals surface area contributed by atoms with Crippen LogP contribution >= 0.6 is 11.6 Å². The van der Waals surface area contributed by atoms with Gasteiger partial charge in [0.25, 0.3) is 0 Å². The number of carbonyl (C=O) groups is 1. The topological polar surface area (TPSA) is 30.0 Å².